The van der Waals surface area contributed by atoms with Crippen molar-refractivity contribution < 1.29 is 36.7 Å². The number of rotatable bonds is 7. The lowest BCUT2D eigenvalue weighted by molar-refractivity contribution is -0.137. The number of hydrogen-bond acceptors (Lipinski definition) is 8. The predicted molar refractivity (Wildman–Crippen MR) is 114 cm³/mol. The number of nitrogens with zero attached hydrogens (tertiary/aromatic N) is 3. The molecule has 0 radical (unpaired) electrons. The molecule has 1 aromatic heterocycles. The fourth-order valence-electron chi connectivity index (χ4n) is 2.98. The van der Waals surface area contributed by atoms with Gasteiger partial charge >= 0.3 is 6.18 Å². The molecule has 3 aromatic rings. The molecule has 0 bridgehead atoms. The zero-order valence-electron chi connectivity index (χ0n) is 17.6. The Morgan fingerprint density at radius 3 is 2.68 bits per heavy atom. The van der Waals surface area contributed by atoms with Crippen LogP contribution < -0.4 is 14.8 Å². The maximum absolute atomic E-state index is 13.1. The second-order valence-corrected chi connectivity index (χ2v) is 8.00. The number of carbonyl (C=O) groups is 2. The van der Waals surface area contributed by atoms with Crippen molar-refractivity contribution in [3.05, 3.63) is 48.0 Å². The highest BCUT2D eigenvalue weighted by molar-refractivity contribution is 7.99. The summed E-state index contributed by atoms with van der Waals surface area (Å²) in [4.78, 5) is 25.6. The molecule has 178 valence electrons. The summed E-state index contributed by atoms with van der Waals surface area (Å²) in [6.07, 6.45) is -4.62. The molecule has 9 nitrogen and oxygen atoms in total. The third-order valence-electron chi connectivity index (χ3n) is 4.66. The number of halogens is 3. The summed E-state index contributed by atoms with van der Waals surface area (Å²) in [6.45, 7) is -0.302. The Morgan fingerprint density at radius 1 is 1.12 bits per heavy atom. The fourth-order valence-corrected chi connectivity index (χ4v) is 3.68. The maximum Gasteiger partial charge on any atom is 0.418 e. The molecular weight excluding hydrogens is 477 g/mol. The smallest absolute Gasteiger partial charge is 0.418 e. The Bertz CT molecular complexity index is 1220. The molecule has 1 N–H and O–H groups in total. The van der Waals surface area contributed by atoms with E-state index in [1.54, 1.807) is 18.2 Å². The first-order valence-corrected chi connectivity index (χ1v) is 10.8. The number of amides is 2. The third-order valence-corrected chi connectivity index (χ3v) is 5.46. The summed E-state index contributed by atoms with van der Waals surface area (Å²) in [7, 11) is 1.37. The van der Waals surface area contributed by atoms with Crippen LogP contribution in [0.3, 0.4) is 0 Å². The van der Waals surface area contributed by atoms with Gasteiger partial charge in [-0.25, -0.2) is 0 Å². The van der Waals surface area contributed by atoms with E-state index in [9.17, 15) is 22.8 Å². The van der Waals surface area contributed by atoms with Crippen LogP contribution in [0.2, 0.25) is 0 Å². The first-order chi connectivity index (χ1) is 16.2. The second-order valence-electron chi connectivity index (χ2n) is 7.07. The van der Waals surface area contributed by atoms with Crippen LogP contribution in [-0.4, -0.2) is 53.0 Å². The summed E-state index contributed by atoms with van der Waals surface area (Å²) in [6, 6.07) is 9.74. The Morgan fingerprint density at radius 2 is 1.88 bits per heavy atom. The second kappa shape index (κ2) is 9.63. The van der Waals surface area contributed by atoms with Crippen LogP contribution in [0.15, 0.2) is 52.1 Å². The molecule has 2 amide bonds. The summed E-state index contributed by atoms with van der Waals surface area (Å²) in [5.41, 5.74) is -0.734. The zero-order valence-corrected chi connectivity index (χ0v) is 18.4. The number of para-hydroxylation sites is 1. The van der Waals surface area contributed by atoms with E-state index in [1.165, 1.54) is 19.2 Å². The van der Waals surface area contributed by atoms with Gasteiger partial charge in [-0.2, -0.15) is 13.2 Å². The monoisotopic (exact) mass is 494 g/mol. The van der Waals surface area contributed by atoms with Crippen molar-refractivity contribution in [1.29, 1.82) is 0 Å². The average Bonchev–Trinajstić information content (AvgIpc) is 3.46. The Hall–Kier alpha value is -3.74. The van der Waals surface area contributed by atoms with Crippen LogP contribution in [-0.2, 0) is 15.8 Å². The van der Waals surface area contributed by atoms with E-state index < -0.39 is 30.1 Å². The number of nitrogens with one attached hydrogen (secondary N) is 1. The van der Waals surface area contributed by atoms with Gasteiger partial charge < -0.3 is 24.1 Å². The van der Waals surface area contributed by atoms with Gasteiger partial charge in [-0.1, -0.05) is 23.9 Å². The molecule has 0 spiro atoms. The molecular formula is C21H17F3N4O5S. The molecule has 4 rings (SSSR count). The normalized spacial score (nSPS) is 12.5. The molecule has 13 heteroatoms. The number of anilines is 1. The van der Waals surface area contributed by atoms with E-state index in [0.717, 1.165) is 28.8 Å². The fraction of sp³-hybridized carbons (Fsp3) is 0.238. The maximum atomic E-state index is 13.1. The van der Waals surface area contributed by atoms with Crippen LogP contribution in [0.5, 0.6) is 11.5 Å². The molecule has 0 saturated carbocycles. The van der Waals surface area contributed by atoms with Crippen molar-refractivity contribution >= 4 is 29.3 Å². The summed E-state index contributed by atoms with van der Waals surface area (Å²) >= 11 is 0.967. The van der Waals surface area contributed by atoms with Crippen molar-refractivity contribution in [2.45, 2.75) is 11.4 Å². The van der Waals surface area contributed by atoms with E-state index in [2.05, 4.69) is 15.5 Å². The number of ether oxygens (including phenoxy) is 2. The highest BCUT2D eigenvalue weighted by Gasteiger charge is 2.33. The van der Waals surface area contributed by atoms with Gasteiger partial charge in [-0.15, -0.1) is 10.2 Å². The van der Waals surface area contributed by atoms with Gasteiger partial charge in [-0.3, -0.25) is 9.59 Å². The van der Waals surface area contributed by atoms with Crippen LogP contribution in [0.4, 0.5) is 18.9 Å². The largest absolute Gasteiger partial charge is 0.454 e. The quantitative estimate of drug-likeness (QED) is 0.496. The summed E-state index contributed by atoms with van der Waals surface area (Å²) in [5.74, 6) is 0.0539. The minimum atomic E-state index is -4.62. The van der Waals surface area contributed by atoms with Gasteiger partial charge in [0.1, 0.15) is 0 Å². The number of alkyl halides is 3. The van der Waals surface area contributed by atoms with Gasteiger partial charge in [0.2, 0.25) is 24.5 Å². The Balaban J connectivity index is 1.30. The van der Waals surface area contributed by atoms with E-state index in [0.29, 0.717) is 17.1 Å². The van der Waals surface area contributed by atoms with Crippen molar-refractivity contribution in [2.24, 2.45) is 0 Å². The van der Waals surface area contributed by atoms with Crippen molar-refractivity contribution in [3.8, 4) is 23.0 Å². The van der Waals surface area contributed by atoms with Crippen molar-refractivity contribution in [1.82, 2.24) is 15.1 Å². The summed E-state index contributed by atoms with van der Waals surface area (Å²) in [5, 5.41) is 10.2. The number of likely N-dealkylation sites (N-methyl/N-ethyl adjacent to an activating group) is 1. The number of aromatic nitrogens is 2. The average molecular weight is 494 g/mol. The van der Waals surface area contributed by atoms with Crippen LogP contribution in [0.25, 0.3) is 11.5 Å². The van der Waals surface area contributed by atoms with Crippen LogP contribution in [0.1, 0.15) is 5.56 Å². The summed E-state index contributed by atoms with van der Waals surface area (Å²) < 4.78 is 55.3. The number of fused-ring (bicyclic) bond motifs is 1. The molecule has 2 heterocycles. The molecule has 0 aliphatic carbocycles. The first-order valence-electron chi connectivity index (χ1n) is 9.77. The highest BCUT2D eigenvalue weighted by Crippen LogP contribution is 2.36. The van der Waals surface area contributed by atoms with Crippen molar-refractivity contribution in [2.75, 3.05) is 31.5 Å². The third kappa shape index (κ3) is 5.42. The molecule has 0 unspecified atom stereocenters. The number of hydrogen-bond donors (Lipinski definition) is 1. The van der Waals surface area contributed by atoms with Crippen LogP contribution >= 0.6 is 11.8 Å². The molecule has 1 aliphatic rings. The minimum absolute atomic E-state index is 0.119. The predicted octanol–water partition coefficient (Wildman–Crippen LogP) is 3.67. The van der Waals surface area contributed by atoms with E-state index in [-0.39, 0.29) is 29.3 Å². The molecule has 0 atom stereocenters. The van der Waals surface area contributed by atoms with E-state index in [1.807, 2.05) is 0 Å². The minimum Gasteiger partial charge on any atom is -0.454 e. The molecule has 0 fully saturated rings. The molecule has 2 aromatic carbocycles. The first kappa shape index (κ1) is 23.4. The number of benzene rings is 2. The SMILES string of the molecule is CN(CC(=O)Nc1ccccc1C(F)(F)F)C(=O)CSc1nnc(-c2ccc3c(c2)OCO3)o1. The zero-order chi connectivity index (χ0) is 24.3. The lowest BCUT2D eigenvalue weighted by atomic mass is 10.1. The molecule has 1 aliphatic heterocycles. The standard InChI is InChI=1S/C21H17F3N4O5S/c1-28(9-17(29)25-14-5-3-2-4-13(14)21(22,23)24)18(30)10-34-20-27-26-19(33-20)12-6-7-15-16(8-12)32-11-31-15/h2-8H,9-11H2,1H3,(H,25,29). The lowest BCUT2D eigenvalue weighted by Crippen LogP contribution is -2.36. The topological polar surface area (TPSA) is 107 Å². The van der Waals surface area contributed by atoms with Gasteiger partial charge in [-0.05, 0) is 30.3 Å². The Kier molecular flexibility index (Phi) is 6.63. The van der Waals surface area contributed by atoms with E-state index >= 15 is 0 Å². The van der Waals surface area contributed by atoms with Crippen molar-refractivity contribution in [3.63, 3.8) is 0 Å². The number of thioether (sulfide) groups is 1. The van der Waals surface area contributed by atoms with Gasteiger partial charge in [0.25, 0.3) is 5.22 Å². The van der Waals surface area contributed by atoms with E-state index in [4.69, 9.17) is 13.9 Å². The van der Waals surface area contributed by atoms with Crippen LogP contribution in [0, 0.1) is 0 Å². The van der Waals surface area contributed by atoms with Gasteiger partial charge in [0.05, 0.1) is 23.5 Å². The lowest BCUT2D eigenvalue weighted by Gasteiger charge is -2.18. The number of carbonyl (C=O) groups excluding carboxylic acids is 2. The molecule has 34 heavy (non-hydrogen) atoms. The highest BCUT2D eigenvalue weighted by atomic mass is 32.2. The van der Waals surface area contributed by atoms with Gasteiger partial charge in [0.15, 0.2) is 11.5 Å². The Labute approximate surface area is 195 Å². The molecule has 0 saturated heterocycles. The van der Waals surface area contributed by atoms with Gasteiger partial charge in [0, 0.05) is 12.6 Å².